The summed E-state index contributed by atoms with van der Waals surface area (Å²) in [6, 6.07) is 19.6. The molecule has 1 aliphatic heterocycles. The van der Waals surface area contributed by atoms with Crippen molar-refractivity contribution in [3.05, 3.63) is 89.7 Å². The molecule has 0 N–H and O–H groups in total. The van der Waals surface area contributed by atoms with Gasteiger partial charge in [0.25, 0.3) is 0 Å². The number of ether oxygens (including phenoxy) is 1. The molecule has 1 aromatic heterocycles. The smallest absolute Gasteiger partial charge is 0.228 e. The van der Waals surface area contributed by atoms with E-state index in [9.17, 15) is 9.59 Å². The highest BCUT2D eigenvalue weighted by Crippen LogP contribution is 2.33. The highest BCUT2D eigenvalue weighted by Gasteiger charge is 2.38. The molecule has 4 rings (SSSR count). The molecule has 0 radical (unpaired) electrons. The molecule has 1 atom stereocenters. The van der Waals surface area contributed by atoms with Gasteiger partial charge in [-0.1, -0.05) is 49.4 Å². The molecule has 6 nitrogen and oxygen atoms in total. The number of aromatic nitrogens is 1. The average Bonchev–Trinajstić information content (AvgIpc) is 3.25. The van der Waals surface area contributed by atoms with Crippen molar-refractivity contribution in [2.45, 2.75) is 32.9 Å². The number of aryl methyl sites for hydroxylation is 1. The predicted octanol–water partition coefficient (Wildman–Crippen LogP) is 4.23. The molecule has 1 unspecified atom stereocenters. The van der Waals surface area contributed by atoms with Crippen LogP contribution in [0, 0.1) is 5.92 Å². The lowest BCUT2D eigenvalue weighted by Gasteiger charge is -2.26. The van der Waals surface area contributed by atoms with Crippen LogP contribution in [-0.4, -0.2) is 35.4 Å². The van der Waals surface area contributed by atoms with Crippen LogP contribution in [0.1, 0.15) is 30.0 Å². The van der Waals surface area contributed by atoms with Crippen molar-refractivity contribution in [1.82, 2.24) is 9.88 Å². The van der Waals surface area contributed by atoms with E-state index in [4.69, 9.17) is 4.74 Å². The summed E-state index contributed by atoms with van der Waals surface area (Å²) in [6.45, 7) is 3.40. The maximum Gasteiger partial charge on any atom is 0.228 e. The molecule has 3 aromatic rings. The molecule has 0 spiro atoms. The van der Waals surface area contributed by atoms with E-state index in [1.165, 1.54) is 5.56 Å². The first-order valence-corrected chi connectivity index (χ1v) is 11.3. The number of benzene rings is 2. The third-order valence-electron chi connectivity index (χ3n) is 6.06. The van der Waals surface area contributed by atoms with Crippen molar-refractivity contribution in [3.8, 4) is 5.75 Å². The van der Waals surface area contributed by atoms with Gasteiger partial charge in [-0.2, -0.15) is 0 Å². The number of amides is 2. The van der Waals surface area contributed by atoms with Crippen LogP contribution < -0.4 is 9.64 Å². The third-order valence-corrected chi connectivity index (χ3v) is 6.06. The van der Waals surface area contributed by atoms with E-state index in [2.05, 4.69) is 36.2 Å². The van der Waals surface area contributed by atoms with Crippen molar-refractivity contribution in [1.29, 1.82) is 0 Å². The molecule has 6 heteroatoms. The average molecular weight is 444 g/mol. The second kappa shape index (κ2) is 10.3. The van der Waals surface area contributed by atoms with Gasteiger partial charge in [-0.25, -0.2) is 0 Å². The summed E-state index contributed by atoms with van der Waals surface area (Å²) in [7, 11) is 1.58. The monoisotopic (exact) mass is 443 g/mol. The van der Waals surface area contributed by atoms with Crippen LogP contribution >= 0.6 is 0 Å². The van der Waals surface area contributed by atoms with E-state index in [0.29, 0.717) is 31.1 Å². The number of para-hydroxylation sites is 2. The lowest BCUT2D eigenvalue weighted by Crippen LogP contribution is -2.36. The number of hydrogen-bond donors (Lipinski definition) is 0. The summed E-state index contributed by atoms with van der Waals surface area (Å²) < 4.78 is 5.43. The maximum atomic E-state index is 13.6. The zero-order valence-corrected chi connectivity index (χ0v) is 19.1. The van der Waals surface area contributed by atoms with Crippen LogP contribution in [0.2, 0.25) is 0 Å². The minimum atomic E-state index is -0.408. The first-order valence-electron chi connectivity index (χ1n) is 11.3. The van der Waals surface area contributed by atoms with Crippen molar-refractivity contribution in [2.75, 3.05) is 18.6 Å². The molecule has 0 aliphatic carbocycles. The highest BCUT2D eigenvalue weighted by atomic mass is 16.5. The van der Waals surface area contributed by atoms with Gasteiger partial charge < -0.3 is 14.5 Å². The zero-order valence-electron chi connectivity index (χ0n) is 19.1. The van der Waals surface area contributed by atoms with Gasteiger partial charge in [0.2, 0.25) is 11.8 Å². The second-order valence-electron chi connectivity index (χ2n) is 8.30. The normalized spacial score (nSPS) is 15.5. The minimum Gasteiger partial charge on any atom is -0.495 e. The Labute approximate surface area is 194 Å². The minimum absolute atomic E-state index is 0.0239. The largest absolute Gasteiger partial charge is 0.495 e. The lowest BCUT2D eigenvalue weighted by molar-refractivity contribution is -0.137. The Hall–Kier alpha value is -3.67. The molecular formula is C27H29N3O3. The molecule has 2 heterocycles. The summed E-state index contributed by atoms with van der Waals surface area (Å²) in [4.78, 5) is 34.2. The van der Waals surface area contributed by atoms with Crippen molar-refractivity contribution >= 4 is 17.5 Å². The fraction of sp³-hybridized carbons (Fsp3) is 0.296. The summed E-state index contributed by atoms with van der Waals surface area (Å²) >= 11 is 0. The number of hydrogen-bond acceptors (Lipinski definition) is 4. The van der Waals surface area contributed by atoms with E-state index in [-0.39, 0.29) is 18.2 Å². The van der Waals surface area contributed by atoms with Gasteiger partial charge in [0.05, 0.1) is 18.7 Å². The third kappa shape index (κ3) is 5.22. The van der Waals surface area contributed by atoms with E-state index in [1.807, 2.05) is 41.3 Å². The van der Waals surface area contributed by atoms with E-state index in [1.54, 1.807) is 24.4 Å². The molecular weight excluding hydrogens is 414 g/mol. The number of rotatable bonds is 8. The quantitative estimate of drug-likeness (QED) is 0.523. The molecule has 33 heavy (non-hydrogen) atoms. The Balaban J connectivity index is 1.55. The summed E-state index contributed by atoms with van der Waals surface area (Å²) in [6.07, 6.45) is 4.66. The summed E-state index contributed by atoms with van der Waals surface area (Å²) in [5.74, 6) is 0.131. The number of anilines is 1. The van der Waals surface area contributed by atoms with Crippen molar-refractivity contribution in [3.63, 3.8) is 0 Å². The predicted molar refractivity (Wildman–Crippen MR) is 128 cm³/mol. The van der Waals surface area contributed by atoms with Gasteiger partial charge >= 0.3 is 0 Å². The van der Waals surface area contributed by atoms with Gasteiger partial charge in [-0.3, -0.25) is 14.6 Å². The molecule has 1 saturated heterocycles. The number of carbonyl (C=O) groups excluding carboxylic acids is 2. The van der Waals surface area contributed by atoms with Crippen LogP contribution in [0.5, 0.6) is 5.75 Å². The summed E-state index contributed by atoms with van der Waals surface area (Å²) in [5, 5.41) is 0. The SMILES string of the molecule is CCc1ccc(CN(Cc2cccnc2)C(=O)C2CC(=O)N(c3ccccc3OC)C2)cc1. The fourth-order valence-electron chi connectivity index (χ4n) is 4.24. The van der Waals surface area contributed by atoms with Gasteiger partial charge in [-0.15, -0.1) is 0 Å². The maximum absolute atomic E-state index is 13.6. The standard InChI is InChI=1S/C27H29N3O3/c1-3-20-10-12-21(13-11-20)17-29(18-22-7-6-14-28-16-22)27(32)23-15-26(31)30(19-23)24-8-4-5-9-25(24)33-2/h4-14,16,23H,3,15,17-19H2,1-2H3. The molecule has 170 valence electrons. The number of pyridine rings is 1. The molecule has 1 fully saturated rings. The van der Waals surface area contributed by atoms with Crippen LogP contribution in [0.4, 0.5) is 5.69 Å². The van der Waals surface area contributed by atoms with Crippen molar-refractivity contribution in [2.24, 2.45) is 5.92 Å². The Morgan fingerprint density at radius 1 is 1.03 bits per heavy atom. The lowest BCUT2D eigenvalue weighted by atomic mass is 10.0. The van der Waals surface area contributed by atoms with Gasteiger partial charge in [0.15, 0.2) is 0 Å². The molecule has 2 amide bonds. The molecule has 0 bridgehead atoms. The fourth-order valence-corrected chi connectivity index (χ4v) is 4.24. The van der Waals surface area contributed by atoms with E-state index >= 15 is 0 Å². The Bertz CT molecular complexity index is 1100. The topological polar surface area (TPSA) is 62.7 Å². The highest BCUT2D eigenvalue weighted by molar-refractivity contribution is 6.01. The molecule has 1 aliphatic rings. The Morgan fingerprint density at radius 3 is 2.45 bits per heavy atom. The van der Waals surface area contributed by atoms with E-state index < -0.39 is 5.92 Å². The number of carbonyl (C=O) groups is 2. The van der Waals surface area contributed by atoms with Gasteiger partial charge in [0.1, 0.15) is 5.75 Å². The summed E-state index contributed by atoms with van der Waals surface area (Å²) in [5.41, 5.74) is 3.99. The van der Waals surface area contributed by atoms with Gasteiger partial charge in [-0.05, 0) is 41.3 Å². The first-order chi connectivity index (χ1) is 16.1. The van der Waals surface area contributed by atoms with Crippen LogP contribution in [0.15, 0.2) is 73.1 Å². The zero-order chi connectivity index (χ0) is 23.2. The Morgan fingerprint density at radius 2 is 1.76 bits per heavy atom. The van der Waals surface area contributed by atoms with Crippen LogP contribution in [-0.2, 0) is 29.1 Å². The molecule has 0 saturated carbocycles. The van der Waals surface area contributed by atoms with Crippen LogP contribution in [0.3, 0.4) is 0 Å². The number of nitrogens with zero attached hydrogens (tertiary/aromatic N) is 3. The second-order valence-corrected chi connectivity index (χ2v) is 8.30. The first kappa shape index (κ1) is 22.5. The van der Waals surface area contributed by atoms with Crippen LogP contribution in [0.25, 0.3) is 0 Å². The van der Waals surface area contributed by atoms with Gasteiger partial charge in [0, 0.05) is 38.4 Å². The van der Waals surface area contributed by atoms with E-state index in [0.717, 1.165) is 17.5 Å². The number of methoxy groups -OCH3 is 1. The molecule has 2 aromatic carbocycles. The van der Waals surface area contributed by atoms with Crippen molar-refractivity contribution < 1.29 is 14.3 Å². The Kier molecular flexibility index (Phi) is 7.03.